The Hall–Kier alpha value is -4.56. The van der Waals surface area contributed by atoms with Gasteiger partial charge in [0.05, 0.1) is 42.7 Å². The molecule has 0 aromatic carbocycles. The van der Waals surface area contributed by atoms with E-state index in [0.29, 0.717) is 0 Å². The molecule has 2 aliphatic rings. The standard InChI is InChI=1S/C25H33N3O12/c1-24(2,3)28-14(20(31)37-8)12(18(29)35-6)25(13(19(30)36-7)15(28)21(32)38-9)26(4)16(22(33)39-10)17(27(25)5)23(34)40-11/h1-11H3. The van der Waals surface area contributed by atoms with Gasteiger partial charge in [-0.1, -0.05) is 0 Å². The number of ether oxygens (including phenoxy) is 6. The van der Waals surface area contributed by atoms with Crippen LogP contribution in [0.2, 0.25) is 0 Å². The number of carbonyl (C=O) groups excluding carboxylic acids is 6. The summed E-state index contributed by atoms with van der Waals surface area (Å²) in [6.45, 7) is 4.75. The third-order valence-electron chi connectivity index (χ3n) is 6.45. The number of likely N-dealkylation sites (N-methyl/N-ethyl adjacent to an activating group) is 2. The van der Waals surface area contributed by atoms with E-state index in [-0.39, 0.29) is 0 Å². The van der Waals surface area contributed by atoms with Crippen LogP contribution in [-0.2, 0) is 57.2 Å². The van der Waals surface area contributed by atoms with E-state index in [0.717, 1.165) is 57.4 Å². The van der Waals surface area contributed by atoms with Gasteiger partial charge in [0, 0.05) is 19.6 Å². The first-order chi connectivity index (χ1) is 18.6. The zero-order valence-electron chi connectivity index (χ0n) is 24.2. The maximum absolute atomic E-state index is 13.7. The lowest BCUT2D eigenvalue weighted by molar-refractivity contribution is -0.149. The number of hydrogen-bond donors (Lipinski definition) is 0. The third-order valence-corrected chi connectivity index (χ3v) is 6.45. The van der Waals surface area contributed by atoms with Crippen LogP contribution in [0, 0.1) is 0 Å². The molecular weight excluding hydrogens is 534 g/mol. The van der Waals surface area contributed by atoms with Crippen LogP contribution in [0.5, 0.6) is 0 Å². The largest absolute Gasteiger partial charge is 0.465 e. The molecule has 0 aliphatic carbocycles. The molecule has 0 fully saturated rings. The molecule has 0 saturated heterocycles. The molecule has 15 heteroatoms. The Balaban J connectivity index is 3.46. The van der Waals surface area contributed by atoms with Crippen LogP contribution in [0.1, 0.15) is 20.8 Å². The van der Waals surface area contributed by atoms with E-state index < -0.39 is 81.0 Å². The van der Waals surface area contributed by atoms with Crippen molar-refractivity contribution < 1.29 is 57.2 Å². The fraction of sp³-hybridized carbons (Fsp3) is 0.520. The molecule has 0 aromatic heterocycles. The van der Waals surface area contributed by atoms with Crippen molar-refractivity contribution in [3.8, 4) is 0 Å². The van der Waals surface area contributed by atoms with Gasteiger partial charge in [0.25, 0.3) is 0 Å². The minimum atomic E-state index is -2.41. The Bertz CT molecular complexity index is 1170. The van der Waals surface area contributed by atoms with Crippen LogP contribution < -0.4 is 0 Å². The number of carbonyl (C=O) groups is 6. The highest BCUT2D eigenvalue weighted by molar-refractivity contribution is 6.13. The summed E-state index contributed by atoms with van der Waals surface area (Å²) in [6, 6.07) is 0. The topological polar surface area (TPSA) is 168 Å². The van der Waals surface area contributed by atoms with Crippen molar-refractivity contribution in [1.82, 2.24) is 14.7 Å². The van der Waals surface area contributed by atoms with Crippen molar-refractivity contribution in [2.75, 3.05) is 56.8 Å². The van der Waals surface area contributed by atoms with Gasteiger partial charge in [0.1, 0.15) is 22.5 Å². The van der Waals surface area contributed by atoms with Gasteiger partial charge in [0.2, 0.25) is 0 Å². The van der Waals surface area contributed by atoms with Gasteiger partial charge in [-0.3, -0.25) is 0 Å². The molecule has 0 aromatic rings. The average Bonchev–Trinajstić information content (AvgIpc) is 3.15. The third kappa shape index (κ3) is 4.40. The molecule has 0 saturated carbocycles. The Morgan fingerprint density at radius 2 is 0.750 bits per heavy atom. The average molecular weight is 568 g/mol. The minimum Gasteiger partial charge on any atom is -0.465 e. The minimum absolute atomic E-state index is 0.475. The van der Waals surface area contributed by atoms with E-state index in [4.69, 9.17) is 28.4 Å². The second-order valence-corrected chi connectivity index (χ2v) is 9.39. The molecule has 0 amide bonds. The lowest BCUT2D eigenvalue weighted by Crippen LogP contribution is -2.65. The van der Waals surface area contributed by atoms with Crippen LogP contribution in [0.3, 0.4) is 0 Å². The van der Waals surface area contributed by atoms with Gasteiger partial charge < -0.3 is 43.1 Å². The van der Waals surface area contributed by atoms with Gasteiger partial charge in [0.15, 0.2) is 17.1 Å². The van der Waals surface area contributed by atoms with E-state index in [2.05, 4.69) is 0 Å². The lowest BCUT2D eigenvalue weighted by Gasteiger charge is -2.52. The van der Waals surface area contributed by atoms with Crippen LogP contribution in [-0.4, -0.2) is 118 Å². The SMILES string of the molecule is COC(=O)C1=C(C(=O)OC)C2(C(C(=O)OC)=C(C(=O)OC)N1C(C)(C)C)N(C)C(C(=O)OC)=C(C(=O)OC)N2C. The van der Waals surface area contributed by atoms with E-state index in [9.17, 15) is 28.8 Å². The number of esters is 6. The normalized spacial score (nSPS) is 16.7. The highest BCUT2D eigenvalue weighted by atomic mass is 16.5. The summed E-state index contributed by atoms with van der Waals surface area (Å²) in [7, 11) is 8.66. The second kappa shape index (κ2) is 11.3. The van der Waals surface area contributed by atoms with E-state index in [1.807, 2.05) is 0 Å². The maximum atomic E-state index is 13.7. The Morgan fingerprint density at radius 1 is 0.500 bits per heavy atom. The molecule has 0 unspecified atom stereocenters. The van der Waals surface area contributed by atoms with E-state index >= 15 is 0 Å². The summed E-state index contributed by atoms with van der Waals surface area (Å²) in [5.74, 6) is -6.72. The van der Waals surface area contributed by atoms with Gasteiger partial charge in [-0.2, -0.15) is 0 Å². The Morgan fingerprint density at radius 3 is 0.975 bits per heavy atom. The first-order valence-corrected chi connectivity index (χ1v) is 11.6. The molecule has 2 aliphatic heterocycles. The van der Waals surface area contributed by atoms with Crippen LogP contribution in [0.15, 0.2) is 33.9 Å². The summed E-state index contributed by atoms with van der Waals surface area (Å²) in [5.41, 5.74) is -6.82. The zero-order valence-corrected chi connectivity index (χ0v) is 24.2. The molecular formula is C25H33N3O12. The molecule has 1 spiro atoms. The summed E-state index contributed by atoms with van der Waals surface area (Å²) >= 11 is 0. The monoisotopic (exact) mass is 567 g/mol. The molecule has 0 N–H and O–H groups in total. The van der Waals surface area contributed by atoms with Gasteiger partial charge in [-0.15, -0.1) is 0 Å². The van der Waals surface area contributed by atoms with Crippen molar-refractivity contribution in [2.24, 2.45) is 0 Å². The van der Waals surface area contributed by atoms with Crippen molar-refractivity contribution in [1.29, 1.82) is 0 Å². The van der Waals surface area contributed by atoms with Crippen LogP contribution in [0.4, 0.5) is 0 Å². The molecule has 220 valence electrons. The van der Waals surface area contributed by atoms with Crippen molar-refractivity contribution in [3.05, 3.63) is 33.9 Å². The number of methoxy groups -OCH3 is 6. The van der Waals surface area contributed by atoms with E-state index in [1.165, 1.54) is 14.1 Å². The molecule has 0 bridgehead atoms. The van der Waals surface area contributed by atoms with Crippen LogP contribution in [0.25, 0.3) is 0 Å². The summed E-state index contributed by atoms with van der Waals surface area (Å²) in [4.78, 5) is 83.7. The summed E-state index contributed by atoms with van der Waals surface area (Å²) < 4.78 is 29.9. The zero-order chi connectivity index (χ0) is 30.9. The van der Waals surface area contributed by atoms with Crippen molar-refractivity contribution in [3.63, 3.8) is 0 Å². The van der Waals surface area contributed by atoms with Crippen molar-refractivity contribution in [2.45, 2.75) is 32.0 Å². The number of hydrogen-bond acceptors (Lipinski definition) is 15. The first kappa shape index (κ1) is 31.7. The fourth-order valence-electron chi connectivity index (χ4n) is 4.92. The first-order valence-electron chi connectivity index (χ1n) is 11.6. The van der Waals surface area contributed by atoms with Gasteiger partial charge in [-0.25, -0.2) is 28.8 Å². The molecule has 40 heavy (non-hydrogen) atoms. The number of nitrogens with zero attached hydrogens (tertiary/aromatic N) is 3. The van der Waals surface area contributed by atoms with E-state index in [1.54, 1.807) is 20.8 Å². The molecule has 15 nitrogen and oxygen atoms in total. The summed E-state index contributed by atoms with van der Waals surface area (Å²) in [6.07, 6.45) is 0. The highest BCUT2D eigenvalue weighted by Crippen LogP contribution is 2.53. The molecule has 0 atom stereocenters. The Labute approximate surface area is 230 Å². The van der Waals surface area contributed by atoms with Gasteiger partial charge >= 0.3 is 35.8 Å². The molecule has 0 radical (unpaired) electrons. The predicted molar refractivity (Wildman–Crippen MR) is 133 cm³/mol. The van der Waals surface area contributed by atoms with Gasteiger partial charge in [-0.05, 0) is 20.8 Å². The number of rotatable bonds is 6. The Kier molecular flexibility index (Phi) is 8.92. The molecule has 2 rings (SSSR count). The highest BCUT2D eigenvalue weighted by Gasteiger charge is 2.67. The predicted octanol–water partition coefficient (Wildman–Crippen LogP) is -0.568. The lowest BCUT2D eigenvalue weighted by atomic mass is 9.79. The second-order valence-electron chi connectivity index (χ2n) is 9.39. The fourth-order valence-corrected chi connectivity index (χ4v) is 4.92. The molecule has 2 heterocycles. The maximum Gasteiger partial charge on any atom is 0.356 e. The van der Waals surface area contributed by atoms with Crippen molar-refractivity contribution >= 4 is 35.8 Å². The smallest absolute Gasteiger partial charge is 0.356 e. The summed E-state index contributed by atoms with van der Waals surface area (Å²) in [5, 5.41) is 0. The van der Waals surface area contributed by atoms with Crippen LogP contribution >= 0.6 is 0 Å². The quantitative estimate of drug-likeness (QED) is 0.295.